The number of unbranched alkanes of at least 4 members (excludes halogenated alkanes) is 2. The first-order valence-corrected chi connectivity index (χ1v) is 7.42. The molecule has 7 heteroatoms. The summed E-state index contributed by atoms with van der Waals surface area (Å²) in [5.41, 5.74) is 0.206. The van der Waals surface area contributed by atoms with E-state index >= 15 is 0 Å². The van der Waals surface area contributed by atoms with Crippen molar-refractivity contribution in [2.75, 3.05) is 6.61 Å². The molecule has 2 rings (SSSR count). The number of hydrogen-bond acceptors (Lipinski definition) is 4. The molecule has 2 aromatic heterocycles. The summed E-state index contributed by atoms with van der Waals surface area (Å²) < 4.78 is 6.51. The highest BCUT2D eigenvalue weighted by molar-refractivity contribution is 6.32. The normalized spacial score (nSPS) is 10.6. The second-order valence-corrected chi connectivity index (χ2v) is 5.21. The molecule has 0 aliphatic rings. The Morgan fingerprint density at radius 2 is 2.19 bits per heavy atom. The first-order valence-electron chi connectivity index (χ1n) is 6.67. The number of carbonyl (C=O) groups is 1. The van der Waals surface area contributed by atoms with Gasteiger partial charge in [-0.25, -0.2) is 14.5 Å². The minimum absolute atomic E-state index is 0.178. The fraction of sp³-hybridized carbons (Fsp3) is 0.357. The van der Waals surface area contributed by atoms with Gasteiger partial charge in [-0.3, -0.25) is 0 Å². The molecule has 0 radical (unpaired) electrons. The molecule has 0 fully saturated rings. The number of ether oxygens (including phenoxy) is 1. The summed E-state index contributed by atoms with van der Waals surface area (Å²) in [6.45, 7) is 2.45. The van der Waals surface area contributed by atoms with Gasteiger partial charge in [0, 0.05) is 12.3 Å². The van der Waals surface area contributed by atoms with Gasteiger partial charge in [0.2, 0.25) is 0 Å². The highest BCUT2D eigenvalue weighted by Gasteiger charge is 2.19. The fourth-order valence-electron chi connectivity index (χ4n) is 1.78. The predicted octanol–water partition coefficient (Wildman–Crippen LogP) is 3.92. The molecule has 0 atom stereocenters. The standard InChI is InChI=1S/C14H15Cl2N3O2/c1-2-3-4-8-21-14(20)11-9-12(16)18-19(11)13-10(15)6-5-7-17-13/h5-7,9H,2-4,8H2,1H3. The van der Waals surface area contributed by atoms with Crippen LogP contribution in [0.4, 0.5) is 0 Å². The van der Waals surface area contributed by atoms with Gasteiger partial charge < -0.3 is 4.74 Å². The zero-order chi connectivity index (χ0) is 15.2. The van der Waals surface area contributed by atoms with Crippen LogP contribution in [-0.2, 0) is 4.74 Å². The summed E-state index contributed by atoms with van der Waals surface area (Å²) in [6.07, 6.45) is 4.46. The molecule has 0 saturated carbocycles. The third-order valence-corrected chi connectivity index (χ3v) is 3.29. The van der Waals surface area contributed by atoms with Gasteiger partial charge >= 0.3 is 5.97 Å². The van der Waals surface area contributed by atoms with Crippen molar-refractivity contribution < 1.29 is 9.53 Å². The van der Waals surface area contributed by atoms with E-state index in [1.165, 1.54) is 10.7 Å². The number of esters is 1. The highest BCUT2D eigenvalue weighted by atomic mass is 35.5. The fourth-order valence-corrected chi connectivity index (χ4v) is 2.16. The predicted molar refractivity (Wildman–Crippen MR) is 81.2 cm³/mol. The number of carbonyl (C=O) groups excluding carboxylic acids is 1. The molecule has 0 amide bonds. The van der Waals surface area contributed by atoms with E-state index in [4.69, 9.17) is 27.9 Å². The Morgan fingerprint density at radius 3 is 2.90 bits per heavy atom. The summed E-state index contributed by atoms with van der Waals surface area (Å²) >= 11 is 12.0. The van der Waals surface area contributed by atoms with E-state index < -0.39 is 5.97 Å². The Balaban J connectivity index is 2.21. The number of pyridine rings is 1. The van der Waals surface area contributed by atoms with Crippen molar-refractivity contribution in [3.05, 3.63) is 40.3 Å². The van der Waals surface area contributed by atoms with E-state index in [0.29, 0.717) is 17.4 Å². The maximum absolute atomic E-state index is 12.1. The van der Waals surface area contributed by atoms with Crippen molar-refractivity contribution >= 4 is 29.2 Å². The third-order valence-electron chi connectivity index (χ3n) is 2.81. The maximum atomic E-state index is 12.1. The molecule has 21 heavy (non-hydrogen) atoms. The first kappa shape index (κ1) is 15.8. The topological polar surface area (TPSA) is 57.0 Å². The Kier molecular flexibility index (Phi) is 5.59. The summed E-state index contributed by atoms with van der Waals surface area (Å²) in [7, 11) is 0. The van der Waals surface area contributed by atoms with Crippen LogP contribution in [0, 0.1) is 0 Å². The van der Waals surface area contributed by atoms with Crippen molar-refractivity contribution in [2.24, 2.45) is 0 Å². The number of halogens is 2. The molecule has 2 heterocycles. The van der Waals surface area contributed by atoms with Crippen LogP contribution in [-0.4, -0.2) is 27.3 Å². The molecule has 0 aromatic carbocycles. The van der Waals surface area contributed by atoms with Crippen LogP contribution in [0.3, 0.4) is 0 Å². The molecule has 112 valence electrons. The molecule has 0 spiro atoms. The Bertz CT molecular complexity index is 628. The first-order chi connectivity index (χ1) is 10.1. The number of hydrogen-bond donors (Lipinski definition) is 0. The average molecular weight is 328 g/mol. The van der Waals surface area contributed by atoms with Gasteiger partial charge in [0.15, 0.2) is 16.7 Å². The summed E-state index contributed by atoms with van der Waals surface area (Å²) in [4.78, 5) is 16.2. The van der Waals surface area contributed by atoms with Crippen molar-refractivity contribution in [1.29, 1.82) is 0 Å². The lowest BCUT2D eigenvalue weighted by molar-refractivity contribution is 0.0487. The molecule has 0 aliphatic carbocycles. The van der Waals surface area contributed by atoms with Crippen molar-refractivity contribution in [3.63, 3.8) is 0 Å². The van der Waals surface area contributed by atoms with Gasteiger partial charge in [-0.1, -0.05) is 43.0 Å². The number of nitrogens with zero attached hydrogens (tertiary/aromatic N) is 3. The number of aromatic nitrogens is 3. The lowest BCUT2D eigenvalue weighted by atomic mass is 10.3. The van der Waals surface area contributed by atoms with E-state index in [1.54, 1.807) is 18.3 Å². The monoisotopic (exact) mass is 327 g/mol. The van der Waals surface area contributed by atoms with E-state index in [1.807, 2.05) is 0 Å². The molecule has 0 aliphatic heterocycles. The summed E-state index contributed by atoms with van der Waals surface area (Å²) in [6, 6.07) is 4.80. The molecule has 0 unspecified atom stereocenters. The third kappa shape index (κ3) is 3.95. The molecule has 0 bridgehead atoms. The largest absolute Gasteiger partial charge is 0.461 e. The molecular weight excluding hydrogens is 313 g/mol. The van der Waals surface area contributed by atoms with E-state index in [9.17, 15) is 4.79 Å². The van der Waals surface area contributed by atoms with Gasteiger partial charge in [-0.15, -0.1) is 0 Å². The van der Waals surface area contributed by atoms with Gasteiger partial charge in [-0.05, 0) is 18.6 Å². The van der Waals surface area contributed by atoms with Crippen molar-refractivity contribution in [3.8, 4) is 5.82 Å². The molecular formula is C14H15Cl2N3O2. The average Bonchev–Trinajstić information content (AvgIpc) is 2.86. The Labute approximate surface area is 132 Å². The van der Waals surface area contributed by atoms with E-state index in [-0.39, 0.29) is 10.8 Å². The maximum Gasteiger partial charge on any atom is 0.357 e. The second-order valence-electron chi connectivity index (χ2n) is 4.42. The zero-order valence-corrected chi connectivity index (χ0v) is 13.1. The molecule has 5 nitrogen and oxygen atoms in total. The zero-order valence-electron chi connectivity index (χ0n) is 11.6. The van der Waals surface area contributed by atoms with Crippen LogP contribution in [0.2, 0.25) is 10.2 Å². The van der Waals surface area contributed by atoms with Gasteiger partial charge in [-0.2, -0.15) is 5.10 Å². The summed E-state index contributed by atoms with van der Waals surface area (Å²) in [5, 5.41) is 4.59. The van der Waals surface area contributed by atoms with Crippen LogP contribution in [0.15, 0.2) is 24.4 Å². The lowest BCUT2D eigenvalue weighted by Gasteiger charge is -2.08. The highest BCUT2D eigenvalue weighted by Crippen LogP contribution is 2.21. The SMILES string of the molecule is CCCCCOC(=O)c1cc(Cl)nn1-c1ncccc1Cl. The van der Waals surface area contributed by atoms with Gasteiger partial charge in [0.25, 0.3) is 0 Å². The smallest absolute Gasteiger partial charge is 0.357 e. The minimum Gasteiger partial charge on any atom is -0.461 e. The molecule has 0 N–H and O–H groups in total. The van der Waals surface area contributed by atoms with Gasteiger partial charge in [0.05, 0.1) is 11.6 Å². The lowest BCUT2D eigenvalue weighted by Crippen LogP contribution is -2.14. The van der Waals surface area contributed by atoms with Crippen molar-refractivity contribution in [2.45, 2.75) is 26.2 Å². The number of rotatable bonds is 6. The summed E-state index contributed by atoms with van der Waals surface area (Å²) in [5.74, 6) is -0.154. The van der Waals surface area contributed by atoms with Crippen molar-refractivity contribution in [1.82, 2.24) is 14.8 Å². The second kappa shape index (κ2) is 7.43. The molecule has 2 aromatic rings. The van der Waals surface area contributed by atoms with E-state index in [2.05, 4.69) is 17.0 Å². The van der Waals surface area contributed by atoms with Crippen LogP contribution in [0.5, 0.6) is 0 Å². The van der Waals surface area contributed by atoms with Gasteiger partial charge in [0.1, 0.15) is 0 Å². The Hall–Kier alpha value is -1.59. The Morgan fingerprint density at radius 1 is 1.38 bits per heavy atom. The van der Waals surface area contributed by atoms with Crippen LogP contribution in [0.25, 0.3) is 5.82 Å². The molecule has 0 saturated heterocycles. The minimum atomic E-state index is -0.493. The van der Waals surface area contributed by atoms with Crippen LogP contribution >= 0.6 is 23.2 Å². The van der Waals surface area contributed by atoms with Crippen LogP contribution < -0.4 is 0 Å². The van der Waals surface area contributed by atoms with Crippen LogP contribution in [0.1, 0.15) is 36.7 Å². The quantitative estimate of drug-likeness (QED) is 0.596. The van der Waals surface area contributed by atoms with E-state index in [0.717, 1.165) is 19.3 Å².